The van der Waals surface area contributed by atoms with Gasteiger partial charge in [0.2, 0.25) is 5.88 Å². The van der Waals surface area contributed by atoms with Gasteiger partial charge in [-0.25, -0.2) is 17.8 Å². The van der Waals surface area contributed by atoms with Gasteiger partial charge in [-0.05, 0) is 55.9 Å². The van der Waals surface area contributed by atoms with Crippen molar-refractivity contribution in [2.75, 3.05) is 33.2 Å². The summed E-state index contributed by atoms with van der Waals surface area (Å²) in [7, 11) is -3.58. The van der Waals surface area contributed by atoms with Gasteiger partial charge in [0.05, 0.1) is 22.8 Å². The van der Waals surface area contributed by atoms with Gasteiger partial charge in [0, 0.05) is 32.4 Å². The second kappa shape index (κ2) is 9.67. The minimum Gasteiger partial charge on any atom is -0.493 e. The molecule has 3 aromatic rings. The Labute approximate surface area is 210 Å². The van der Waals surface area contributed by atoms with E-state index in [4.69, 9.17) is 0 Å². The number of hydrogen-bond acceptors (Lipinski definition) is 7. The van der Waals surface area contributed by atoms with Crippen LogP contribution in [0.25, 0.3) is 5.69 Å². The molecule has 4 rings (SSSR count). The molecular formula is C23H24F3N5O5S. The number of carbonyl (C=O) groups excluding carboxylic acids is 1. The zero-order valence-corrected chi connectivity index (χ0v) is 20.8. The molecule has 198 valence electrons. The first-order chi connectivity index (χ1) is 17.3. The van der Waals surface area contributed by atoms with Crippen molar-refractivity contribution in [3.05, 3.63) is 70.0 Å². The largest absolute Gasteiger partial charge is 0.501 e. The molecule has 1 aliphatic rings. The fraction of sp³-hybridized carbons (Fsp3) is 0.348. The Balaban J connectivity index is 1.61. The Kier molecular flexibility index (Phi) is 6.90. The molecule has 10 nitrogen and oxygen atoms in total. The van der Waals surface area contributed by atoms with E-state index in [0.29, 0.717) is 18.7 Å². The number of pyridine rings is 1. The van der Waals surface area contributed by atoms with Gasteiger partial charge in [0.15, 0.2) is 0 Å². The first-order valence-corrected chi connectivity index (χ1v) is 12.6. The molecule has 0 radical (unpaired) electrons. The molecule has 0 unspecified atom stereocenters. The maximum atomic E-state index is 13.1. The number of benzene rings is 1. The summed E-state index contributed by atoms with van der Waals surface area (Å²) >= 11 is 0. The number of aromatic hydroxyl groups is 1. The molecule has 14 heteroatoms. The van der Waals surface area contributed by atoms with Gasteiger partial charge in [0.25, 0.3) is 15.7 Å². The molecule has 0 atom stereocenters. The molecule has 0 bridgehead atoms. The van der Waals surface area contributed by atoms with Crippen LogP contribution in [0, 0.1) is 6.92 Å². The standard InChI is InChI=1S/C23H24F3N5O5S/c1-15-20(32)31(17-3-5-18(6-4-17)37(35,36)23(24,25)26)22(34)30(15)14-16-7-8-27-19(13-16)21(33)29-11-9-28(2)10-12-29/h3-8,13,32H,9-12,14H2,1-2H3. The van der Waals surface area contributed by atoms with Gasteiger partial charge < -0.3 is 14.9 Å². The van der Waals surface area contributed by atoms with Crippen LogP contribution in [-0.2, 0) is 16.4 Å². The van der Waals surface area contributed by atoms with Crippen molar-refractivity contribution in [3.63, 3.8) is 0 Å². The Bertz CT molecular complexity index is 1490. The fourth-order valence-electron chi connectivity index (χ4n) is 4.01. The van der Waals surface area contributed by atoms with Gasteiger partial charge in [0.1, 0.15) is 5.69 Å². The summed E-state index contributed by atoms with van der Waals surface area (Å²) < 4.78 is 63.8. The summed E-state index contributed by atoms with van der Waals surface area (Å²) in [5.41, 5.74) is -5.24. The highest BCUT2D eigenvalue weighted by atomic mass is 32.2. The van der Waals surface area contributed by atoms with E-state index < -0.39 is 31.8 Å². The first kappa shape index (κ1) is 26.4. The number of piperazine rings is 1. The van der Waals surface area contributed by atoms with Gasteiger partial charge in [-0.15, -0.1) is 0 Å². The molecular weight excluding hydrogens is 515 g/mol. The van der Waals surface area contributed by atoms with Gasteiger partial charge in [-0.1, -0.05) is 0 Å². The number of halogens is 3. The van der Waals surface area contributed by atoms with Crippen molar-refractivity contribution in [1.82, 2.24) is 23.9 Å². The first-order valence-electron chi connectivity index (χ1n) is 11.2. The molecule has 1 aliphatic heterocycles. The Morgan fingerprint density at radius 3 is 2.30 bits per heavy atom. The molecule has 3 heterocycles. The maximum Gasteiger partial charge on any atom is 0.501 e. The molecule has 1 amide bonds. The molecule has 37 heavy (non-hydrogen) atoms. The van der Waals surface area contributed by atoms with E-state index >= 15 is 0 Å². The Morgan fingerprint density at radius 2 is 1.70 bits per heavy atom. The van der Waals surface area contributed by atoms with Gasteiger partial charge in [-0.2, -0.15) is 13.2 Å². The van der Waals surface area contributed by atoms with Crippen molar-refractivity contribution < 1.29 is 31.5 Å². The molecule has 0 saturated carbocycles. The molecule has 2 aromatic heterocycles. The number of amides is 1. The van der Waals surface area contributed by atoms with E-state index in [9.17, 15) is 36.3 Å². The lowest BCUT2D eigenvalue weighted by atomic mass is 10.2. The predicted molar refractivity (Wildman–Crippen MR) is 126 cm³/mol. The van der Waals surface area contributed by atoms with Crippen LogP contribution in [-0.4, -0.2) is 82.1 Å². The minimum atomic E-state index is -5.56. The summed E-state index contributed by atoms with van der Waals surface area (Å²) in [6.07, 6.45) is 1.45. The van der Waals surface area contributed by atoms with Crippen LogP contribution in [0.5, 0.6) is 5.88 Å². The molecule has 0 spiro atoms. The maximum absolute atomic E-state index is 13.1. The number of sulfone groups is 1. The molecule has 0 aliphatic carbocycles. The zero-order chi connectivity index (χ0) is 27.1. The van der Waals surface area contributed by atoms with Crippen LogP contribution in [0.3, 0.4) is 0 Å². The van der Waals surface area contributed by atoms with E-state index in [0.717, 1.165) is 41.9 Å². The summed E-state index contributed by atoms with van der Waals surface area (Å²) in [4.78, 5) is 33.0. The zero-order valence-electron chi connectivity index (χ0n) is 19.9. The van der Waals surface area contributed by atoms with Crippen molar-refractivity contribution >= 4 is 15.7 Å². The summed E-state index contributed by atoms with van der Waals surface area (Å²) in [6.45, 7) is 4.09. The smallest absolute Gasteiger partial charge is 0.493 e. The number of hydrogen-bond donors (Lipinski definition) is 1. The van der Waals surface area contributed by atoms with E-state index in [1.54, 1.807) is 17.0 Å². The number of rotatable bonds is 5. The third-order valence-electron chi connectivity index (χ3n) is 6.25. The third kappa shape index (κ3) is 4.98. The van der Waals surface area contributed by atoms with Crippen molar-refractivity contribution in [1.29, 1.82) is 0 Å². The second-order valence-corrected chi connectivity index (χ2v) is 10.6. The van der Waals surface area contributed by atoms with Crippen LogP contribution in [0.4, 0.5) is 13.2 Å². The Morgan fingerprint density at radius 1 is 1.08 bits per heavy atom. The second-order valence-electron chi connectivity index (χ2n) is 8.70. The van der Waals surface area contributed by atoms with Gasteiger partial charge >= 0.3 is 11.2 Å². The van der Waals surface area contributed by atoms with Crippen LogP contribution < -0.4 is 5.69 Å². The van der Waals surface area contributed by atoms with E-state index in [-0.39, 0.29) is 29.5 Å². The average molecular weight is 540 g/mol. The highest BCUT2D eigenvalue weighted by Crippen LogP contribution is 2.31. The van der Waals surface area contributed by atoms with Crippen molar-refractivity contribution in [3.8, 4) is 11.6 Å². The lowest BCUT2D eigenvalue weighted by Gasteiger charge is -2.32. The lowest BCUT2D eigenvalue weighted by Crippen LogP contribution is -2.47. The highest BCUT2D eigenvalue weighted by Gasteiger charge is 2.46. The fourth-order valence-corrected chi connectivity index (χ4v) is 4.77. The SMILES string of the molecule is Cc1c(O)n(-c2ccc(S(=O)(=O)C(F)(F)F)cc2)c(=O)n1Cc1ccnc(C(=O)N2CCN(C)CC2)c1. The molecule has 1 saturated heterocycles. The van der Waals surface area contributed by atoms with Crippen LogP contribution in [0.1, 0.15) is 21.7 Å². The number of nitrogens with zero attached hydrogens (tertiary/aromatic N) is 5. The number of alkyl halides is 3. The normalized spacial score (nSPS) is 15.2. The highest BCUT2D eigenvalue weighted by molar-refractivity contribution is 7.92. The van der Waals surface area contributed by atoms with Crippen LogP contribution >= 0.6 is 0 Å². The van der Waals surface area contributed by atoms with Crippen molar-refractivity contribution in [2.24, 2.45) is 0 Å². The minimum absolute atomic E-state index is 0.0166. The van der Waals surface area contributed by atoms with E-state index in [1.807, 2.05) is 7.05 Å². The summed E-state index contributed by atoms with van der Waals surface area (Å²) in [5, 5.41) is 10.6. The van der Waals surface area contributed by atoms with Crippen LogP contribution in [0.2, 0.25) is 0 Å². The molecule has 1 aromatic carbocycles. The monoisotopic (exact) mass is 539 g/mol. The lowest BCUT2D eigenvalue weighted by molar-refractivity contribution is -0.0436. The van der Waals surface area contributed by atoms with Crippen molar-refractivity contribution in [2.45, 2.75) is 23.9 Å². The van der Waals surface area contributed by atoms with Crippen LogP contribution in [0.15, 0.2) is 52.3 Å². The van der Waals surface area contributed by atoms with E-state index in [2.05, 4.69) is 9.88 Å². The third-order valence-corrected chi connectivity index (χ3v) is 7.75. The van der Waals surface area contributed by atoms with E-state index in [1.165, 1.54) is 17.7 Å². The number of likely N-dealkylation sites (N-methyl/N-ethyl adjacent to an activating group) is 1. The summed E-state index contributed by atoms with van der Waals surface area (Å²) in [5.74, 6) is -0.687. The number of aromatic nitrogens is 3. The average Bonchev–Trinajstić information content (AvgIpc) is 3.06. The van der Waals surface area contributed by atoms with Gasteiger partial charge in [-0.3, -0.25) is 14.3 Å². The molecule has 1 N–H and O–H groups in total. The topological polar surface area (TPSA) is 118 Å². The quantitative estimate of drug-likeness (QED) is 0.525. The molecule has 1 fully saturated rings. The summed E-state index contributed by atoms with van der Waals surface area (Å²) in [6, 6.07) is 6.63. The number of imidazole rings is 1. The predicted octanol–water partition coefficient (Wildman–Crippen LogP) is 1.78. The number of carbonyl (C=O) groups is 1. The Hall–Kier alpha value is -3.65.